The Morgan fingerprint density at radius 3 is 2.81 bits per heavy atom. The Labute approximate surface area is 154 Å². The molecule has 140 valence electrons. The van der Waals surface area contributed by atoms with Crippen LogP contribution < -0.4 is 10.6 Å². The molecule has 0 radical (unpaired) electrons. The van der Waals surface area contributed by atoms with Gasteiger partial charge in [-0.15, -0.1) is 0 Å². The average molecular weight is 356 g/mol. The Kier molecular flexibility index (Phi) is 5.22. The molecule has 6 heteroatoms. The number of benzene rings is 1. The summed E-state index contributed by atoms with van der Waals surface area (Å²) in [6.07, 6.45) is 2.91. The fourth-order valence-electron chi connectivity index (χ4n) is 4.42. The summed E-state index contributed by atoms with van der Waals surface area (Å²) in [7, 11) is 0. The third-order valence-corrected chi connectivity index (χ3v) is 6.00. The summed E-state index contributed by atoms with van der Waals surface area (Å²) in [6.45, 7) is 5.94. The highest BCUT2D eigenvalue weighted by Crippen LogP contribution is 2.28. The molecule has 1 aromatic rings. The molecule has 0 spiro atoms. The minimum absolute atomic E-state index is 0.0524. The highest BCUT2D eigenvalue weighted by Gasteiger charge is 2.32. The van der Waals surface area contributed by atoms with Gasteiger partial charge in [0.2, 0.25) is 11.8 Å². The van der Waals surface area contributed by atoms with Crippen LogP contribution in [-0.4, -0.2) is 66.9 Å². The van der Waals surface area contributed by atoms with Crippen molar-refractivity contribution in [3.05, 3.63) is 29.8 Å². The Morgan fingerprint density at radius 2 is 1.96 bits per heavy atom. The first-order chi connectivity index (χ1) is 12.7. The zero-order chi connectivity index (χ0) is 17.9. The molecule has 3 aliphatic heterocycles. The highest BCUT2D eigenvalue weighted by molar-refractivity contribution is 5.96. The van der Waals surface area contributed by atoms with Crippen LogP contribution in [0, 0.1) is 5.92 Å². The van der Waals surface area contributed by atoms with Gasteiger partial charge in [0.25, 0.3) is 0 Å². The first-order valence-corrected chi connectivity index (χ1v) is 9.82. The lowest BCUT2D eigenvalue weighted by Gasteiger charge is -2.32. The van der Waals surface area contributed by atoms with Crippen LogP contribution in [0.4, 0.5) is 5.69 Å². The van der Waals surface area contributed by atoms with Crippen molar-refractivity contribution < 1.29 is 9.59 Å². The third kappa shape index (κ3) is 3.76. The molecular formula is C20H28N4O2. The van der Waals surface area contributed by atoms with E-state index in [0.29, 0.717) is 18.9 Å². The number of piperazine rings is 1. The molecule has 2 N–H and O–H groups in total. The first-order valence-electron chi connectivity index (χ1n) is 9.82. The van der Waals surface area contributed by atoms with E-state index in [1.165, 1.54) is 5.56 Å². The standard InChI is InChI=1S/C20H28N4O2/c25-19(24-10-7-17(14-24)23-11-8-21-9-12-23)6-5-16-13-15-3-1-2-4-18(15)22-20(16)26/h1-4,16-17,21H,5-14H2,(H,22,26). The Morgan fingerprint density at radius 1 is 1.15 bits per heavy atom. The van der Waals surface area contributed by atoms with Crippen LogP contribution in [0.3, 0.4) is 0 Å². The largest absolute Gasteiger partial charge is 0.341 e. The van der Waals surface area contributed by atoms with E-state index in [4.69, 9.17) is 0 Å². The molecule has 3 heterocycles. The average Bonchev–Trinajstić information content (AvgIpc) is 3.17. The number of hydrogen-bond acceptors (Lipinski definition) is 4. The zero-order valence-electron chi connectivity index (χ0n) is 15.2. The van der Waals surface area contributed by atoms with Crippen molar-refractivity contribution in [2.75, 3.05) is 44.6 Å². The maximum atomic E-state index is 12.6. The lowest BCUT2D eigenvalue weighted by Crippen LogP contribution is -2.49. The smallest absolute Gasteiger partial charge is 0.227 e. The minimum atomic E-state index is -0.0968. The van der Waals surface area contributed by atoms with E-state index in [1.807, 2.05) is 23.1 Å². The minimum Gasteiger partial charge on any atom is -0.341 e. The molecule has 6 nitrogen and oxygen atoms in total. The van der Waals surface area contributed by atoms with E-state index in [9.17, 15) is 9.59 Å². The summed E-state index contributed by atoms with van der Waals surface area (Å²) in [5, 5.41) is 6.36. The van der Waals surface area contributed by atoms with Gasteiger partial charge in [0.15, 0.2) is 0 Å². The molecule has 2 atom stereocenters. The molecule has 1 aromatic carbocycles. The van der Waals surface area contributed by atoms with Crippen molar-refractivity contribution in [2.24, 2.45) is 5.92 Å². The van der Waals surface area contributed by atoms with Crippen molar-refractivity contribution in [3.8, 4) is 0 Å². The van der Waals surface area contributed by atoms with Gasteiger partial charge in [-0.1, -0.05) is 18.2 Å². The van der Waals surface area contributed by atoms with Crippen LogP contribution in [0.25, 0.3) is 0 Å². The lowest BCUT2D eigenvalue weighted by atomic mass is 9.89. The number of amides is 2. The number of likely N-dealkylation sites (tertiary alicyclic amines) is 1. The molecule has 0 aliphatic carbocycles. The molecule has 0 saturated carbocycles. The van der Waals surface area contributed by atoms with E-state index in [-0.39, 0.29) is 17.7 Å². The van der Waals surface area contributed by atoms with Crippen molar-refractivity contribution in [3.63, 3.8) is 0 Å². The predicted octanol–water partition coefficient (Wildman–Crippen LogP) is 1.08. The number of carbonyl (C=O) groups excluding carboxylic acids is 2. The van der Waals surface area contributed by atoms with Gasteiger partial charge >= 0.3 is 0 Å². The molecule has 2 saturated heterocycles. The summed E-state index contributed by atoms with van der Waals surface area (Å²) in [6, 6.07) is 8.44. The van der Waals surface area contributed by atoms with Crippen LogP contribution in [0.15, 0.2) is 24.3 Å². The number of carbonyl (C=O) groups is 2. The van der Waals surface area contributed by atoms with E-state index in [2.05, 4.69) is 21.6 Å². The summed E-state index contributed by atoms with van der Waals surface area (Å²) in [5.74, 6) is 0.159. The fourth-order valence-corrected chi connectivity index (χ4v) is 4.42. The number of para-hydroxylation sites is 1. The van der Waals surface area contributed by atoms with Gasteiger partial charge in [0, 0.05) is 63.3 Å². The van der Waals surface area contributed by atoms with Gasteiger partial charge in [-0.25, -0.2) is 0 Å². The Bertz CT molecular complexity index is 672. The quantitative estimate of drug-likeness (QED) is 0.848. The molecule has 4 rings (SSSR count). The van der Waals surface area contributed by atoms with Crippen LogP contribution in [0.2, 0.25) is 0 Å². The van der Waals surface area contributed by atoms with Crippen LogP contribution in [-0.2, 0) is 16.0 Å². The van der Waals surface area contributed by atoms with E-state index in [1.54, 1.807) is 0 Å². The second kappa shape index (κ2) is 7.76. The topological polar surface area (TPSA) is 64.7 Å². The fraction of sp³-hybridized carbons (Fsp3) is 0.600. The lowest BCUT2D eigenvalue weighted by molar-refractivity contribution is -0.131. The van der Waals surface area contributed by atoms with Crippen molar-refractivity contribution >= 4 is 17.5 Å². The van der Waals surface area contributed by atoms with Crippen molar-refractivity contribution in [1.82, 2.24) is 15.1 Å². The van der Waals surface area contributed by atoms with Gasteiger partial charge in [-0.05, 0) is 30.9 Å². The molecule has 2 amide bonds. The third-order valence-electron chi connectivity index (χ3n) is 6.00. The SMILES string of the molecule is O=C1Nc2ccccc2CC1CCC(=O)N1CCC(N2CCNCC2)C1. The molecular weight excluding hydrogens is 328 g/mol. The predicted molar refractivity (Wildman–Crippen MR) is 101 cm³/mol. The maximum absolute atomic E-state index is 12.6. The summed E-state index contributed by atoms with van der Waals surface area (Å²) in [4.78, 5) is 29.4. The van der Waals surface area contributed by atoms with Gasteiger partial charge in [0.1, 0.15) is 0 Å². The van der Waals surface area contributed by atoms with Crippen LogP contribution >= 0.6 is 0 Å². The maximum Gasteiger partial charge on any atom is 0.227 e. The number of hydrogen-bond donors (Lipinski definition) is 2. The van der Waals surface area contributed by atoms with E-state index in [0.717, 1.165) is 57.8 Å². The number of fused-ring (bicyclic) bond motifs is 1. The second-order valence-electron chi connectivity index (χ2n) is 7.65. The summed E-state index contributed by atoms with van der Waals surface area (Å²) >= 11 is 0. The first kappa shape index (κ1) is 17.5. The highest BCUT2D eigenvalue weighted by atomic mass is 16.2. The number of nitrogens with one attached hydrogen (secondary N) is 2. The number of anilines is 1. The van der Waals surface area contributed by atoms with E-state index >= 15 is 0 Å². The second-order valence-corrected chi connectivity index (χ2v) is 7.65. The van der Waals surface area contributed by atoms with Gasteiger partial charge < -0.3 is 15.5 Å². The molecule has 2 fully saturated rings. The molecule has 2 unspecified atom stereocenters. The van der Waals surface area contributed by atoms with Crippen LogP contribution in [0.1, 0.15) is 24.8 Å². The molecule has 0 aromatic heterocycles. The Hall–Kier alpha value is -1.92. The Balaban J connectivity index is 1.27. The van der Waals surface area contributed by atoms with Crippen molar-refractivity contribution in [2.45, 2.75) is 31.7 Å². The van der Waals surface area contributed by atoms with E-state index < -0.39 is 0 Å². The van der Waals surface area contributed by atoms with Crippen LogP contribution in [0.5, 0.6) is 0 Å². The summed E-state index contributed by atoms with van der Waals surface area (Å²) < 4.78 is 0. The molecule has 3 aliphatic rings. The zero-order valence-corrected chi connectivity index (χ0v) is 15.2. The molecule has 26 heavy (non-hydrogen) atoms. The monoisotopic (exact) mass is 356 g/mol. The van der Waals surface area contributed by atoms with Crippen molar-refractivity contribution in [1.29, 1.82) is 0 Å². The van der Waals surface area contributed by atoms with Gasteiger partial charge in [0.05, 0.1) is 0 Å². The number of nitrogens with zero attached hydrogens (tertiary/aromatic N) is 2. The number of rotatable bonds is 4. The van der Waals surface area contributed by atoms with Gasteiger partial charge in [-0.3, -0.25) is 14.5 Å². The van der Waals surface area contributed by atoms with Gasteiger partial charge in [-0.2, -0.15) is 0 Å². The normalized spacial score (nSPS) is 26.5. The molecule has 0 bridgehead atoms. The summed E-state index contributed by atoms with van der Waals surface area (Å²) in [5.41, 5.74) is 2.09.